The maximum Gasteiger partial charge on any atom is 0.265 e. The number of aromatic nitrogens is 1. The lowest BCUT2D eigenvalue weighted by Gasteiger charge is -2.09. The number of carbonyl (C=O) groups excluding carboxylic acids is 1. The molecular formula is C12H10N2O4. The first-order chi connectivity index (χ1) is 8.68. The topological polar surface area (TPSA) is 94.4 Å². The largest absolute Gasteiger partial charge is 0.489 e. The molecule has 2 heterocycles. The molecule has 92 valence electrons. The summed E-state index contributed by atoms with van der Waals surface area (Å²) in [5.74, 6) is -0.0436. The van der Waals surface area contributed by atoms with Gasteiger partial charge in [-0.1, -0.05) is 6.07 Å². The Morgan fingerprint density at radius 1 is 1.28 bits per heavy atom. The van der Waals surface area contributed by atoms with Crippen LogP contribution in [0.3, 0.4) is 0 Å². The van der Waals surface area contributed by atoms with Gasteiger partial charge in [0.1, 0.15) is 24.5 Å². The van der Waals surface area contributed by atoms with Crippen molar-refractivity contribution in [2.45, 2.75) is 0 Å². The summed E-state index contributed by atoms with van der Waals surface area (Å²) in [4.78, 5) is 25.8. The normalized spacial score (nSPS) is 13.6. The van der Waals surface area contributed by atoms with E-state index < -0.39 is 11.5 Å². The van der Waals surface area contributed by atoms with Gasteiger partial charge in [-0.25, -0.2) is 0 Å². The molecule has 0 saturated carbocycles. The number of hydrogen-bond donors (Lipinski definition) is 2. The highest BCUT2D eigenvalue weighted by Gasteiger charge is 2.22. The lowest BCUT2D eigenvalue weighted by molar-refractivity contribution is 0.0994. The molecule has 1 aromatic carbocycles. The second-order valence-electron chi connectivity index (χ2n) is 3.90. The fourth-order valence-electron chi connectivity index (χ4n) is 2.07. The summed E-state index contributed by atoms with van der Waals surface area (Å²) in [7, 11) is 0. The lowest BCUT2D eigenvalue weighted by Crippen LogP contribution is -2.25. The summed E-state index contributed by atoms with van der Waals surface area (Å²) in [5, 5.41) is 0.573. The minimum atomic E-state index is -0.815. The van der Waals surface area contributed by atoms with E-state index in [2.05, 4.69) is 4.98 Å². The quantitative estimate of drug-likeness (QED) is 0.761. The first kappa shape index (κ1) is 10.6. The van der Waals surface area contributed by atoms with E-state index in [0.717, 1.165) is 0 Å². The van der Waals surface area contributed by atoms with Gasteiger partial charge in [-0.2, -0.15) is 0 Å². The van der Waals surface area contributed by atoms with Gasteiger partial charge in [0.15, 0.2) is 5.75 Å². The number of ether oxygens (including phenoxy) is 2. The molecule has 0 saturated heterocycles. The smallest absolute Gasteiger partial charge is 0.265 e. The number of amides is 1. The van der Waals surface area contributed by atoms with E-state index in [-0.39, 0.29) is 17.9 Å². The number of nitrogens with two attached hydrogens (primary N) is 1. The minimum absolute atomic E-state index is 0.166. The molecule has 0 radical (unpaired) electrons. The Balaban J connectivity index is 2.50. The van der Waals surface area contributed by atoms with Gasteiger partial charge < -0.3 is 20.2 Å². The third-order valence-corrected chi connectivity index (χ3v) is 2.79. The summed E-state index contributed by atoms with van der Waals surface area (Å²) in [6.07, 6.45) is 0. The highest BCUT2D eigenvalue weighted by atomic mass is 16.5. The number of H-pyrrole nitrogens is 1. The van der Waals surface area contributed by atoms with Crippen molar-refractivity contribution in [1.82, 2.24) is 4.98 Å². The van der Waals surface area contributed by atoms with E-state index in [0.29, 0.717) is 23.3 Å². The van der Waals surface area contributed by atoms with Gasteiger partial charge in [0, 0.05) is 0 Å². The fourth-order valence-corrected chi connectivity index (χ4v) is 2.07. The molecule has 6 nitrogen and oxygen atoms in total. The Morgan fingerprint density at radius 2 is 2.06 bits per heavy atom. The van der Waals surface area contributed by atoms with Gasteiger partial charge in [-0.05, 0) is 12.1 Å². The SMILES string of the molecule is NC(=O)c1c2c3c(cccc3[nH]c1=O)OCCO2. The highest BCUT2D eigenvalue weighted by molar-refractivity contribution is 6.03. The van der Waals surface area contributed by atoms with Gasteiger partial charge in [0.25, 0.3) is 11.5 Å². The number of rotatable bonds is 1. The molecule has 1 aromatic heterocycles. The molecule has 18 heavy (non-hydrogen) atoms. The zero-order valence-corrected chi connectivity index (χ0v) is 9.36. The standard InChI is InChI=1S/C12H10N2O4/c13-11(15)9-10-8-6(14-12(9)16)2-1-3-7(8)17-4-5-18-10/h1-3H,4-5H2,(H2,13,15)(H,14,16). The van der Waals surface area contributed by atoms with Crippen molar-refractivity contribution in [3.8, 4) is 11.5 Å². The second kappa shape index (κ2) is 3.76. The number of nitrogens with one attached hydrogen (secondary N) is 1. The van der Waals surface area contributed by atoms with Crippen molar-refractivity contribution in [3.05, 3.63) is 34.1 Å². The van der Waals surface area contributed by atoms with E-state index in [9.17, 15) is 9.59 Å². The Kier molecular flexibility index (Phi) is 2.22. The zero-order valence-electron chi connectivity index (χ0n) is 9.36. The molecule has 0 atom stereocenters. The molecular weight excluding hydrogens is 236 g/mol. The van der Waals surface area contributed by atoms with Gasteiger partial charge in [-0.15, -0.1) is 0 Å². The average molecular weight is 246 g/mol. The predicted octanol–water partition coefficient (Wildman–Crippen LogP) is 0.398. The second-order valence-corrected chi connectivity index (χ2v) is 3.90. The molecule has 3 N–H and O–H groups in total. The third-order valence-electron chi connectivity index (χ3n) is 2.79. The molecule has 6 heteroatoms. The van der Waals surface area contributed by atoms with Crippen LogP contribution < -0.4 is 20.8 Å². The van der Waals surface area contributed by atoms with Crippen LogP contribution in [0.25, 0.3) is 10.9 Å². The van der Waals surface area contributed by atoms with E-state index in [1.54, 1.807) is 18.2 Å². The van der Waals surface area contributed by atoms with Crippen LogP contribution in [0, 0.1) is 0 Å². The number of primary amides is 1. The summed E-state index contributed by atoms with van der Waals surface area (Å²) < 4.78 is 10.9. The summed E-state index contributed by atoms with van der Waals surface area (Å²) in [5.41, 5.74) is 5.06. The maximum absolute atomic E-state index is 11.8. The van der Waals surface area contributed by atoms with Crippen LogP contribution >= 0.6 is 0 Å². The van der Waals surface area contributed by atoms with Crippen molar-refractivity contribution in [3.63, 3.8) is 0 Å². The van der Waals surface area contributed by atoms with Crippen molar-refractivity contribution < 1.29 is 14.3 Å². The third kappa shape index (κ3) is 1.42. The molecule has 0 fully saturated rings. The van der Waals surface area contributed by atoms with Gasteiger partial charge >= 0.3 is 0 Å². The fraction of sp³-hybridized carbons (Fsp3) is 0.167. The lowest BCUT2D eigenvalue weighted by atomic mass is 10.1. The number of benzene rings is 1. The van der Waals surface area contributed by atoms with E-state index in [1.807, 2.05) is 0 Å². The Bertz CT molecular complexity index is 705. The molecule has 0 aliphatic carbocycles. The van der Waals surface area contributed by atoms with Crippen LogP contribution in [0.15, 0.2) is 23.0 Å². The van der Waals surface area contributed by atoms with Crippen molar-refractivity contribution in [2.24, 2.45) is 5.73 Å². The predicted molar refractivity (Wildman–Crippen MR) is 64.1 cm³/mol. The van der Waals surface area contributed by atoms with E-state index in [4.69, 9.17) is 15.2 Å². The highest BCUT2D eigenvalue weighted by Crippen LogP contribution is 2.35. The van der Waals surface area contributed by atoms with Crippen molar-refractivity contribution in [1.29, 1.82) is 0 Å². The summed E-state index contributed by atoms with van der Waals surface area (Å²) in [6.45, 7) is 0.605. The van der Waals surface area contributed by atoms with Crippen molar-refractivity contribution in [2.75, 3.05) is 13.2 Å². The van der Waals surface area contributed by atoms with E-state index >= 15 is 0 Å². The Labute approximate surface area is 101 Å². The molecule has 1 amide bonds. The molecule has 0 spiro atoms. The summed E-state index contributed by atoms with van der Waals surface area (Å²) >= 11 is 0. The zero-order chi connectivity index (χ0) is 12.7. The molecule has 1 aliphatic heterocycles. The maximum atomic E-state index is 11.8. The first-order valence-corrected chi connectivity index (χ1v) is 5.43. The van der Waals surface area contributed by atoms with Crippen LogP contribution in [0.1, 0.15) is 10.4 Å². The minimum Gasteiger partial charge on any atom is -0.489 e. The van der Waals surface area contributed by atoms with Crippen LogP contribution in [0.5, 0.6) is 11.5 Å². The molecule has 0 unspecified atom stereocenters. The molecule has 2 aromatic rings. The Morgan fingerprint density at radius 3 is 2.83 bits per heavy atom. The molecule has 0 bridgehead atoms. The van der Waals surface area contributed by atoms with Crippen LogP contribution in [-0.4, -0.2) is 24.1 Å². The van der Waals surface area contributed by atoms with E-state index in [1.165, 1.54) is 0 Å². The summed E-state index contributed by atoms with van der Waals surface area (Å²) in [6, 6.07) is 5.22. The number of hydrogen-bond acceptors (Lipinski definition) is 4. The van der Waals surface area contributed by atoms with Crippen LogP contribution in [0.2, 0.25) is 0 Å². The first-order valence-electron chi connectivity index (χ1n) is 5.43. The number of carbonyl (C=O) groups is 1. The van der Waals surface area contributed by atoms with Gasteiger partial charge in [0.05, 0.1) is 10.9 Å². The average Bonchev–Trinajstić information content (AvgIpc) is 2.53. The molecule has 3 rings (SSSR count). The molecule has 1 aliphatic rings. The van der Waals surface area contributed by atoms with Crippen molar-refractivity contribution >= 4 is 16.8 Å². The Hall–Kier alpha value is -2.50. The number of aromatic amines is 1. The monoisotopic (exact) mass is 246 g/mol. The van der Waals surface area contributed by atoms with Gasteiger partial charge in [0.2, 0.25) is 0 Å². The number of pyridine rings is 1. The van der Waals surface area contributed by atoms with Crippen LogP contribution in [0.4, 0.5) is 0 Å². The van der Waals surface area contributed by atoms with Gasteiger partial charge in [-0.3, -0.25) is 9.59 Å². The van der Waals surface area contributed by atoms with Crippen LogP contribution in [-0.2, 0) is 0 Å².